The van der Waals surface area contributed by atoms with Gasteiger partial charge in [-0.05, 0) is 0 Å². The van der Waals surface area contributed by atoms with Crippen LogP contribution in [-0.2, 0) is 45.3 Å². The fraction of sp³-hybridized carbons (Fsp3) is 0. The molecule has 0 aromatic rings. The van der Waals surface area contributed by atoms with Crippen LogP contribution in [0.1, 0.15) is 0 Å². The van der Waals surface area contributed by atoms with Crippen LogP contribution in [0.25, 0.3) is 0 Å². The van der Waals surface area contributed by atoms with E-state index in [9.17, 15) is 23.5 Å². The van der Waals surface area contributed by atoms with Crippen LogP contribution in [0.2, 0.25) is 0 Å². The van der Waals surface area contributed by atoms with E-state index >= 15 is 0 Å². The molecule has 0 aromatic heterocycles. The van der Waals surface area contributed by atoms with Gasteiger partial charge in [0.15, 0.2) is 0 Å². The van der Waals surface area contributed by atoms with Crippen molar-refractivity contribution in [3.8, 4) is 0 Å². The second-order valence-electron chi connectivity index (χ2n) is 1.12. The Morgan fingerprint density at radius 2 is 1.13 bits per heavy atom. The zero-order valence-electron chi connectivity index (χ0n) is 7.39. The summed E-state index contributed by atoms with van der Waals surface area (Å²) < 4.78 is 58.9. The molecule has 15 heavy (non-hydrogen) atoms. The molecular weight excluding hydrogens is 356 g/mol. The minimum absolute atomic E-state index is 0. The van der Waals surface area contributed by atoms with Gasteiger partial charge in [-0.1, -0.05) is 0 Å². The average molecular weight is 357 g/mol. The van der Waals surface area contributed by atoms with Gasteiger partial charge in [0.1, 0.15) is 0 Å². The Morgan fingerprint density at radius 1 is 1.00 bits per heavy atom. The molecule has 0 aliphatic rings. The van der Waals surface area contributed by atoms with Gasteiger partial charge in [-0.2, -0.15) is 0 Å². The van der Waals surface area contributed by atoms with Gasteiger partial charge in [-0.25, -0.2) is 0 Å². The topological polar surface area (TPSA) is 187 Å². The molecule has 15 heteroatoms. The van der Waals surface area contributed by atoms with Gasteiger partial charge < -0.3 is 5.21 Å². The van der Waals surface area contributed by atoms with E-state index in [4.69, 9.17) is 15.3 Å². The summed E-state index contributed by atoms with van der Waals surface area (Å²) >= 11 is -12.1. The first-order valence-corrected chi connectivity index (χ1v) is 6.06. The molecule has 0 heterocycles. The number of nitrogens with zero attached hydrogens (tertiary/aromatic N) is 1. The van der Waals surface area contributed by atoms with Gasteiger partial charge in [0.25, 0.3) is 5.09 Å². The fourth-order valence-electron chi connectivity index (χ4n) is 0.102. The Kier molecular flexibility index (Phi) is 20.5. The first kappa shape index (κ1) is 26.2. The third kappa shape index (κ3) is 47.8. The second kappa shape index (κ2) is 11.7. The molecule has 0 atom stereocenters. The standard InChI is InChI=1S/2Cr.2K.HNO3.7O/c;;;;2-1(3)4;;;;;;;/h;;;;(H,2,3,4);;;;;;;/q;;2*+1;;;;;;;2*-1. The summed E-state index contributed by atoms with van der Waals surface area (Å²) in [6.07, 6.45) is 0. The predicted octanol–water partition coefficient (Wildman–Crippen LogP) is -9.27. The first-order valence-electron chi connectivity index (χ1n) is 1.90. The summed E-state index contributed by atoms with van der Waals surface area (Å²) in [4.78, 5) is 8.36. The van der Waals surface area contributed by atoms with E-state index < -0.39 is 32.3 Å². The van der Waals surface area contributed by atoms with Crippen molar-refractivity contribution in [2.75, 3.05) is 0 Å². The summed E-state index contributed by atoms with van der Waals surface area (Å²) in [7, 11) is 0. The zero-order chi connectivity index (χ0) is 11.3. The van der Waals surface area contributed by atoms with E-state index in [1.54, 1.807) is 0 Å². The monoisotopic (exact) mass is 357 g/mol. The van der Waals surface area contributed by atoms with Crippen molar-refractivity contribution < 1.29 is 167 Å². The molecule has 0 saturated heterocycles. The van der Waals surface area contributed by atoms with Gasteiger partial charge in [0.05, 0.1) is 0 Å². The van der Waals surface area contributed by atoms with Crippen LogP contribution in [0.4, 0.5) is 0 Å². The van der Waals surface area contributed by atoms with Gasteiger partial charge in [0, 0.05) is 0 Å². The molecule has 0 aliphatic heterocycles. The van der Waals surface area contributed by atoms with Crippen LogP contribution >= 0.6 is 0 Å². The third-order valence-electron chi connectivity index (χ3n) is 0.167. The maximum absolute atomic E-state index is 9.38. The van der Waals surface area contributed by atoms with E-state index in [0.717, 1.165) is 0 Å². The van der Waals surface area contributed by atoms with Crippen molar-refractivity contribution in [1.82, 2.24) is 0 Å². The van der Waals surface area contributed by atoms with Gasteiger partial charge >= 0.3 is 156 Å². The molecule has 0 spiro atoms. The zero-order valence-corrected chi connectivity index (χ0v) is 16.2. The molecule has 0 bridgehead atoms. The molecule has 0 rings (SSSR count). The van der Waals surface area contributed by atoms with Crippen molar-refractivity contribution in [2.45, 2.75) is 0 Å². The summed E-state index contributed by atoms with van der Waals surface area (Å²) in [5, 5.41) is 13.6. The Bertz CT molecular complexity index is 317. The van der Waals surface area contributed by atoms with Gasteiger partial charge in [-0.15, -0.1) is 10.1 Å². The SMILES string of the molecule is O=[N+]([O-])O.[K+].[K+].[O]=[Cr](=[O])([O-])[O][Cr](=[O])(=[O])[O-]. The average Bonchev–Trinajstić information content (AvgIpc) is 1.47. The van der Waals surface area contributed by atoms with Crippen molar-refractivity contribution in [3.63, 3.8) is 0 Å². The molecule has 0 saturated carbocycles. The van der Waals surface area contributed by atoms with E-state index in [-0.39, 0.29) is 103 Å². The second-order valence-corrected chi connectivity index (χ2v) is 4.76. The Balaban J connectivity index is -0.0000000883. The Labute approximate surface area is 172 Å². The molecule has 1 N–H and O–H groups in total. The van der Waals surface area contributed by atoms with Crippen molar-refractivity contribution in [1.29, 1.82) is 0 Å². The van der Waals surface area contributed by atoms with E-state index in [1.807, 2.05) is 0 Å². The molecule has 0 aromatic carbocycles. The summed E-state index contributed by atoms with van der Waals surface area (Å²) in [5.74, 6) is 0. The Hall–Kier alpha value is 2.62. The summed E-state index contributed by atoms with van der Waals surface area (Å²) in [6.45, 7) is 0. The third-order valence-corrected chi connectivity index (χ3v) is 2.83. The summed E-state index contributed by atoms with van der Waals surface area (Å²) in [5.41, 5.74) is 0. The van der Waals surface area contributed by atoms with Gasteiger partial charge in [-0.3, -0.25) is 0 Å². The van der Waals surface area contributed by atoms with E-state index in [2.05, 4.69) is 2.84 Å². The molecule has 0 radical (unpaired) electrons. The van der Waals surface area contributed by atoms with Crippen LogP contribution in [-0.4, -0.2) is 10.3 Å². The van der Waals surface area contributed by atoms with Crippen LogP contribution in [0.3, 0.4) is 0 Å². The number of rotatable bonds is 2. The number of hydrogen-bond acceptors (Lipinski definition) is 9. The van der Waals surface area contributed by atoms with Gasteiger partial charge in [0.2, 0.25) is 0 Å². The predicted molar refractivity (Wildman–Crippen MR) is 12.6 cm³/mol. The normalized spacial score (nSPS) is 9.73. The van der Waals surface area contributed by atoms with E-state index in [1.165, 1.54) is 0 Å². The first-order chi connectivity index (χ1) is 5.44. The Morgan fingerprint density at radius 3 is 1.13 bits per heavy atom. The molecule has 11 nitrogen and oxygen atoms in total. The molecule has 80 valence electrons. The molecule has 0 aliphatic carbocycles. The maximum atomic E-state index is 9.38. The summed E-state index contributed by atoms with van der Waals surface area (Å²) in [6, 6.07) is 0. The van der Waals surface area contributed by atoms with Crippen LogP contribution in [0.15, 0.2) is 0 Å². The minimum atomic E-state index is -6.07. The van der Waals surface area contributed by atoms with Crippen molar-refractivity contribution in [2.24, 2.45) is 0 Å². The molecule has 0 unspecified atom stereocenters. The molecule has 0 fully saturated rings. The van der Waals surface area contributed by atoms with Crippen LogP contribution in [0, 0.1) is 10.1 Å². The van der Waals surface area contributed by atoms with Crippen molar-refractivity contribution in [3.05, 3.63) is 10.1 Å². The molecular formula is HCr2K2NO10. The number of hydrogen-bond donors (Lipinski definition) is 1. The van der Waals surface area contributed by atoms with E-state index in [0.29, 0.717) is 0 Å². The molecule has 0 amide bonds. The van der Waals surface area contributed by atoms with Crippen molar-refractivity contribution >= 4 is 0 Å². The van der Waals surface area contributed by atoms with Crippen LogP contribution < -0.4 is 111 Å². The quantitative estimate of drug-likeness (QED) is 0.282. The fourth-order valence-corrected chi connectivity index (χ4v) is 1.74. The van der Waals surface area contributed by atoms with Crippen LogP contribution in [0.5, 0.6) is 0 Å².